The van der Waals surface area contributed by atoms with E-state index in [-0.39, 0.29) is 77.7 Å². The fourth-order valence-corrected chi connectivity index (χ4v) is 6.21. The molecule has 0 unspecified atom stereocenters. The summed E-state index contributed by atoms with van der Waals surface area (Å²) < 4.78 is 42.3. The summed E-state index contributed by atoms with van der Waals surface area (Å²) in [6, 6.07) is 8.99. The normalized spacial score (nSPS) is 12.6. The number of ketones is 2. The lowest BCUT2D eigenvalue weighted by Gasteiger charge is -2.23. The molecule has 0 bridgehead atoms. The number of primary amides is 1. The molecule has 310 valence electrons. The second-order valence-electron chi connectivity index (χ2n) is 14.8. The molecule has 16 nitrogen and oxygen atoms in total. The van der Waals surface area contributed by atoms with Crippen molar-refractivity contribution in [3.8, 4) is 5.75 Å². The van der Waals surface area contributed by atoms with E-state index >= 15 is 0 Å². The minimum Gasteiger partial charge on any atom is -0.485 e. The van der Waals surface area contributed by atoms with Crippen molar-refractivity contribution in [1.29, 1.82) is 0 Å². The van der Waals surface area contributed by atoms with E-state index < -0.39 is 52.3 Å². The van der Waals surface area contributed by atoms with Gasteiger partial charge in [0.15, 0.2) is 11.6 Å². The van der Waals surface area contributed by atoms with E-state index in [1.54, 1.807) is 46.8 Å². The Balaban J connectivity index is 2.25. The molecule has 0 saturated heterocycles. The van der Waals surface area contributed by atoms with Crippen LogP contribution in [0.1, 0.15) is 91.2 Å². The lowest BCUT2D eigenvalue weighted by Crippen LogP contribution is -2.44. The number of carbonyl (C=O) groups excluding carboxylic acids is 6. The van der Waals surface area contributed by atoms with E-state index in [2.05, 4.69) is 21.3 Å². The van der Waals surface area contributed by atoms with E-state index in [0.717, 1.165) is 5.56 Å². The molecule has 0 spiro atoms. The van der Waals surface area contributed by atoms with Crippen LogP contribution in [-0.2, 0) is 44.8 Å². The number of rotatable bonds is 23. The number of carbonyl (C=O) groups is 6. The Kier molecular flexibility index (Phi) is 18.9. The molecular weight excluding hydrogens is 747 g/mol. The maximum absolute atomic E-state index is 13.7. The van der Waals surface area contributed by atoms with Crippen LogP contribution in [0.2, 0.25) is 0 Å². The molecule has 2 aromatic carbocycles. The topological polar surface area (TPSA) is 238 Å². The summed E-state index contributed by atoms with van der Waals surface area (Å²) in [6.07, 6.45) is 0.842. The Morgan fingerprint density at radius 3 is 2.16 bits per heavy atom. The summed E-state index contributed by atoms with van der Waals surface area (Å²) in [7, 11) is -4.17. The van der Waals surface area contributed by atoms with Crippen LogP contribution >= 0.6 is 0 Å². The zero-order valence-corrected chi connectivity index (χ0v) is 34.1. The summed E-state index contributed by atoms with van der Waals surface area (Å²) in [6.45, 7) is 11.6. The highest BCUT2D eigenvalue weighted by atomic mass is 32.2. The number of nitrogens with one attached hydrogen (secondary N) is 4. The van der Waals surface area contributed by atoms with Crippen molar-refractivity contribution in [3.05, 3.63) is 53.6 Å². The number of hydrogen-bond donors (Lipinski definition) is 5. The number of urea groups is 1. The number of nitrogens with two attached hydrogens (primary N) is 1. The number of unbranched alkanes of at least 4 members (excludes halogenated alkanes) is 1. The first kappa shape index (κ1) is 47.1. The van der Waals surface area contributed by atoms with Gasteiger partial charge in [0.1, 0.15) is 18.0 Å². The molecule has 6 N–H and O–H groups in total. The molecule has 0 aromatic heterocycles. The van der Waals surface area contributed by atoms with E-state index in [1.807, 2.05) is 6.92 Å². The van der Waals surface area contributed by atoms with Gasteiger partial charge in [0.05, 0.1) is 17.5 Å². The predicted octanol–water partition coefficient (Wildman–Crippen LogP) is 4.67. The van der Waals surface area contributed by atoms with Gasteiger partial charge in [-0.15, -0.1) is 0 Å². The van der Waals surface area contributed by atoms with E-state index in [0.29, 0.717) is 25.8 Å². The minimum absolute atomic E-state index is 0.0457. The smallest absolute Gasteiger partial charge is 0.407 e. The molecule has 2 atom stereocenters. The summed E-state index contributed by atoms with van der Waals surface area (Å²) in [4.78, 5) is 74.6. The van der Waals surface area contributed by atoms with Crippen molar-refractivity contribution in [2.75, 3.05) is 25.0 Å². The molecule has 0 aliphatic carbocycles. The first-order valence-electron chi connectivity index (χ1n) is 18.5. The van der Waals surface area contributed by atoms with Gasteiger partial charge in [0, 0.05) is 56.1 Å². The fraction of sp³-hybridized carbons (Fsp3) is 0.538. The first-order chi connectivity index (χ1) is 26.2. The summed E-state index contributed by atoms with van der Waals surface area (Å²) >= 11 is 0. The fourth-order valence-electron chi connectivity index (χ4n) is 5.32. The number of hydrogen-bond acceptors (Lipinski definition) is 11. The third-order valence-electron chi connectivity index (χ3n) is 8.17. The molecule has 2 aromatic rings. The van der Waals surface area contributed by atoms with Crippen LogP contribution in [0.4, 0.5) is 15.3 Å². The summed E-state index contributed by atoms with van der Waals surface area (Å²) in [5, 5.41) is 10.5. The van der Waals surface area contributed by atoms with Gasteiger partial charge in [-0.25, -0.2) is 9.59 Å². The lowest BCUT2D eigenvalue weighted by molar-refractivity contribution is -0.130. The van der Waals surface area contributed by atoms with Crippen molar-refractivity contribution in [3.63, 3.8) is 0 Å². The van der Waals surface area contributed by atoms with Crippen molar-refractivity contribution in [2.45, 2.75) is 110 Å². The second kappa shape index (κ2) is 22.5. The summed E-state index contributed by atoms with van der Waals surface area (Å²) in [5.41, 5.74) is 5.89. The summed E-state index contributed by atoms with van der Waals surface area (Å²) in [5.74, 6) is -2.57. The van der Waals surface area contributed by atoms with Gasteiger partial charge < -0.3 is 36.5 Å². The van der Waals surface area contributed by atoms with Crippen molar-refractivity contribution in [1.82, 2.24) is 16.0 Å². The molecule has 56 heavy (non-hydrogen) atoms. The van der Waals surface area contributed by atoms with Crippen LogP contribution in [0, 0.1) is 18.8 Å². The van der Waals surface area contributed by atoms with Crippen LogP contribution in [0.5, 0.6) is 5.75 Å². The van der Waals surface area contributed by atoms with Crippen LogP contribution in [0.3, 0.4) is 0 Å². The minimum atomic E-state index is -4.17. The standard InChI is InChI=1S/C39H57N5O11S/c1-25(2)35(43-27(4)45)33(47)21-28(11-10-20-41-37(40)49)36(48)44-30-16-15-29(23-54-56(51,52)32-17-13-26(3)14-18-32)34(22-30)53-24-31(46)12-8-9-19-42-38(50)55-39(5,6)7/h13-18,22,25,28,35H,8-12,19-21,23-24H2,1-7H3,(H,42,50)(H,43,45)(H,44,48)(H3,40,41,49)/t28-,35+/m1/s1. The molecule has 0 saturated carbocycles. The SMILES string of the molecule is CC(=O)N[C@H](C(=O)C[C@@H](CCCNC(N)=O)C(=O)Nc1ccc(COS(=O)(=O)c2ccc(C)cc2)c(OCC(=O)CCCCNC(=O)OC(C)(C)C)c1)C(C)C. The van der Waals surface area contributed by atoms with Gasteiger partial charge in [-0.1, -0.05) is 37.6 Å². The van der Waals surface area contributed by atoms with E-state index in [9.17, 15) is 37.2 Å². The van der Waals surface area contributed by atoms with E-state index in [1.165, 1.54) is 37.3 Å². The first-order valence-corrected chi connectivity index (χ1v) is 19.9. The van der Waals surface area contributed by atoms with Crippen LogP contribution < -0.4 is 31.7 Å². The average molecular weight is 804 g/mol. The molecule has 5 amide bonds. The van der Waals surface area contributed by atoms with Crippen molar-refractivity contribution in [2.24, 2.45) is 17.6 Å². The number of ether oxygens (including phenoxy) is 2. The molecule has 0 heterocycles. The Bertz CT molecular complexity index is 1770. The molecule has 0 radical (unpaired) electrons. The molecule has 0 aliphatic rings. The van der Waals surface area contributed by atoms with Crippen LogP contribution in [0.25, 0.3) is 0 Å². The third kappa shape index (κ3) is 18.1. The Morgan fingerprint density at radius 2 is 1.55 bits per heavy atom. The number of Topliss-reactive ketones (excluding diaryl/α,β-unsaturated/α-hetero) is 2. The monoisotopic (exact) mass is 803 g/mol. The quantitative estimate of drug-likeness (QED) is 0.0765. The number of anilines is 1. The number of benzene rings is 2. The molecule has 2 rings (SSSR count). The van der Waals surface area contributed by atoms with E-state index in [4.69, 9.17) is 19.4 Å². The van der Waals surface area contributed by atoms with Gasteiger partial charge in [-0.05, 0) is 77.5 Å². The molecular formula is C39H57N5O11S. The van der Waals surface area contributed by atoms with Gasteiger partial charge in [0.2, 0.25) is 11.8 Å². The maximum Gasteiger partial charge on any atom is 0.407 e. The number of alkyl carbamates (subject to hydrolysis) is 1. The highest BCUT2D eigenvalue weighted by Gasteiger charge is 2.29. The Labute approximate surface area is 329 Å². The van der Waals surface area contributed by atoms with Gasteiger partial charge >= 0.3 is 12.1 Å². The van der Waals surface area contributed by atoms with Gasteiger partial charge in [-0.3, -0.25) is 23.4 Å². The van der Waals surface area contributed by atoms with Gasteiger partial charge in [-0.2, -0.15) is 8.42 Å². The highest BCUT2D eigenvalue weighted by Crippen LogP contribution is 2.28. The number of amides is 5. The zero-order valence-electron chi connectivity index (χ0n) is 33.3. The Hall–Kier alpha value is -5.03. The third-order valence-corrected chi connectivity index (χ3v) is 9.45. The van der Waals surface area contributed by atoms with Crippen LogP contribution in [-0.4, -0.2) is 75.3 Å². The lowest BCUT2D eigenvalue weighted by atomic mass is 9.89. The second-order valence-corrected chi connectivity index (χ2v) is 16.4. The number of aryl methyl sites for hydroxylation is 1. The molecule has 17 heteroatoms. The van der Waals surface area contributed by atoms with Crippen molar-refractivity contribution >= 4 is 51.3 Å². The van der Waals surface area contributed by atoms with Gasteiger partial charge in [0.25, 0.3) is 10.1 Å². The highest BCUT2D eigenvalue weighted by molar-refractivity contribution is 7.86. The van der Waals surface area contributed by atoms with Crippen LogP contribution in [0.15, 0.2) is 47.4 Å². The van der Waals surface area contributed by atoms with Crippen molar-refractivity contribution < 1.29 is 50.8 Å². The largest absolute Gasteiger partial charge is 0.485 e. The predicted molar refractivity (Wildman–Crippen MR) is 209 cm³/mol. The maximum atomic E-state index is 13.7. The Morgan fingerprint density at radius 1 is 0.893 bits per heavy atom. The zero-order chi connectivity index (χ0) is 42.1. The molecule has 0 aliphatic heterocycles. The average Bonchev–Trinajstić information content (AvgIpc) is 3.09. The molecule has 0 fully saturated rings.